The zero-order chi connectivity index (χ0) is 9.97. The minimum atomic E-state index is 0.384. The van der Waals surface area contributed by atoms with E-state index in [9.17, 15) is 0 Å². The Morgan fingerprint density at radius 1 is 1.50 bits per heavy atom. The van der Waals surface area contributed by atoms with Gasteiger partial charge in [-0.3, -0.25) is 0 Å². The van der Waals surface area contributed by atoms with Crippen molar-refractivity contribution < 1.29 is 0 Å². The molecule has 1 aliphatic heterocycles. The molecule has 1 aromatic rings. The van der Waals surface area contributed by atoms with Crippen LogP contribution in [0.1, 0.15) is 11.3 Å². The largest absolute Gasteiger partial charge is 0.369 e. The monoisotopic (exact) mass is 210 g/mol. The van der Waals surface area contributed by atoms with E-state index in [4.69, 9.17) is 5.73 Å². The van der Waals surface area contributed by atoms with E-state index in [1.807, 2.05) is 11.8 Å². The van der Waals surface area contributed by atoms with Crippen LogP contribution < -0.4 is 11.1 Å². The number of fused-ring (bicyclic) bond motifs is 1. The van der Waals surface area contributed by atoms with Gasteiger partial charge in [-0.15, -0.1) is 0 Å². The average Bonchev–Trinajstić information content (AvgIpc) is 2.61. The molecule has 5 heteroatoms. The maximum absolute atomic E-state index is 5.63. The zero-order valence-corrected chi connectivity index (χ0v) is 9.02. The molecular weight excluding hydrogens is 196 g/mol. The molecule has 0 saturated carbocycles. The van der Waals surface area contributed by atoms with Crippen molar-refractivity contribution in [3.8, 4) is 0 Å². The maximum Gasteiger partial charge on any atom is 0.222 e. The topological polar surface area (TPSA) is 63.8 Å². The Kier molecular flexibility index (Phi) is 2.77. The lowest BCUT2D eigenvalue weighted by Crippen LogP contribution is -2.04. The number of nitrogens with one attached hydrogen (secondary N) is 1. The van der Waals surface area contributed by atoms with Gasteiger partial charge in [0, 0.05) is 12.1 Å². The smallest absolute Gasteiger partial charge is 0.222 e. The van der Waals surface area contributed by atoms with Crippen LogP contribution >= 0.6 is 11.8 Å². The van der Waals surface area contributed by atoms with Gasteiger partial charge in [0.2, 0.25) is 5.95 Å². The Labute approximate surface area is 87.7 Å². The number of anilines is 2. The predicted molar refractivity (Wildman–Crippen MR) is 60.7 cm³/mol. The summed E-state index contributed by atoms with van der Waals surface area (Å²) in [5.41, 5.74) is 8.01. The van der Waals surface area contributed by atoms with Crippen LogP contribution in [0.2, 0.25) is 0 Å². The first-order chi connectivity index (χ1) is 6.81. The van der Waals surface area contributed by atoms with Crippen molar-refractivity contribution >= 4 is 23.5 Å². The summed E-state index contributed by atoms with van der Waals surface area (Å²) in [6, 6.07) is 0. The van der Waals surface area contributed by atoms with Crippen molar-refractivity contribution in [2.24, 2.45) is 0 Å². The number of nitrogen functional groups attached to an aromatic ring is 1. The lowest BCUT2D eigenvalue weighted by atomic mass is 10.1. The van der Waals surface area contributed by atoms with Crippen molar-refractivity contribution in [2.75, 3.05) is 29.6 Å². The summed E-state index contributed by atoms with van der Waals surface area (Å²) in [5.74, 6) is 2.41. The molecule has 4 nitrogen and oxygen atoms in total. The molecule has 2 rings (SSSR count). The van der Waals surface area contributed by atoms with Gasteiger partial charge in [-0.1, -0.05) is 0 Å². The number of aromatic nitrogens is 2. The molecule has 0 unspecified atom stereocenters. The highest BCUT2D eigenvalue weighted by molar-refractivity contribution is 7.98. The SMILES string of the molecule is CSCCc1nc(N)nc2c1CCN2. The quantitative estimate of drug-likeness (QED) is 0.777. The van der Waals surface area contributed by atoms with E-state index >= 15 is 0 Å². The number of nitrogens with two attached hydrogens (primary N) is 1. The summed E-state index contributed by atoms with van der Waals surface area (Å²) in [5, 5.41) is 3.22. The molecule has 3 N–H and O–H groups in total. The second kappa shape index (κ2) is 4.04. The van der Waals surface area contributed by atoms with E-state index in [2.05, 4.69) is 21.5 Å². The van der Waals surface area contributed by atoms with Gasteiger partial charge in [-0.2, -0.15) is 16.7 Å². The van der Waals surface area contributed by atoms with Crippen molar-refractivity contribution in [3.05, 3.63) is 11.3 Å². The third kappa shape index (κ3) is 1.77. The van der Waals surface area contributed by atoms with Crippen molar-refractivity contribution in [3.63, 3.8) is 0 Å². The van der Waals surface area contributed by atoms with Gasteiger partial charge in [0.15, 0.2) is 0 Å². The number of hydrogen-bond donors (Lipinski definition) is 2. The third-order valence-electron chi connectivity index (χ3n) is 2.32. The van der Waals surface area contributed by atoms with Crippen molar-refractivity contribution in [2.45, 2.75) is 12.8 Å². The third-order valence-corrected chi connectivity index (χ3v) is 2.93. The Hall–Kier alpha value is -0.970. The first-order valence-corrected chi connectivity index (χ1v) is 6.08. The molecule has 0 spiro atoms. The van der Waals surface area contributed by atoms with Crippen LogP contribution in [0.3, 0.4) is 0 Å². The lowest BCUT2D eigenvalue weighted by Gasteiger charge is -2.06. The Morgan fingerprint density at radius 2 is 2.36 bits per heavy atom. The van der Waals surface area contributed by atoms with E-state index in [1.54, 1.807) is 0 Å². The second-order valence-corrected chi connectivity index (χ2v) is 4.26. The first-order valence-electron chi connectivity index (χ1n) is 4.69. The normalized spacial score (nSPS) is 13.8. The van der Waals surface area contributed by atoms with Crippen LogP contribution in [0.5, 0.6) is 0 Å². The molecule has 14 heavy (non-hydrogen) atoms. The summed E-state index contributed by atoms with van der Waals surface area (Å²) in [7, 11) is 0. The second-order valence-electron chi connectivity index (χ2n) is 3.28. The van der Waals surface area contributed by atoms with E-state index in [1.165, 1.54) is 5.56 Å². The standard InChI is InChI=1S/C9H14N4S/c1-14-5-3-7-6-2-4-11-8(6)13-9(10)12-7/h2-5H2,1H3,(H3,10,11,12,13). The molecule has 0 fully saturated rings. The van der Waals surface area contributed by atoms with Crippen LogP contribution in [0.15, 0.2) is 0 Å². The fourth-order valence-electron chi connectivity index (χ4n) is 1.67. The highest BCUT2D eigenvalue weighted by Crippen LogP contribution is 2.23. The molecular formula is C9H14N4S. The Morgan fingerprint density at radius 3 is 3.14 bits per heavy atom. The molecule has 0 radical (unpaired) electrons. The number of thioether (sulfide) groups is 1. The molecule has 0 atom stereocenters. The molecule has 0 aromatic carbocycles. The minimum absolute atomic E-state index is 0.384. The maximum atomic E-state index is 5.63. The highest BCUT2D eigenvalue weighted by atomic mass is 32.2. The van der Waals surface area contributed by atoms with Gasteiger partial charge in [-0.05, 0) is 24.9 Å². The van der Waals surface area contributed by atoms with Gasteiger partial charge >= 0.3 is 0 Å². The zero-order valence-electron chi connectivity index (χ0n) is 8.21. The fourth-order valence-corrected chi connectivity index (χ4v) is 2.07. The lowest BCUT2D eigenvalue weighted by molar-refractivity contribution is 0.973. The van der Waals surface area contributed by atoms with Gasteiger partial charge in [0.05, 0.1) is 5.69 Å². The van der Waals surface area contributed by atoms with Gasteiger partial charge in [0.1, 0.15) is 5.82 Å². The summed E-state index contributed by atoms with van der Waals surface area (Å²) >= 11 is 1.83. The minimum Gasteiger partial charge on any atom is -0.369 e. The molecule has 2 heterocycles. The van der Waals surface area contributed by atoms with Gasteiger partial charge in [-0.25, -0.2) is 4.98 Å². The van der Waals surface area contributed by atoms with Crippen LogP contribution in [0.4, 0.5) is 11.8 Å². The molecule has 76 valence electrons. The number of hydrogen-bond acceptors (Lipinski definition) is 5. The number of nitrogens with zero attached hydrogens (tertiary/aromatic N) is 2. The highest BCUT2D eigenvalue weighted by Gasteiger charge is 2.17. The molecule has 0 bridgehead atoms. The van der Waals surface area contributed by atoms with Crippen LogP contribution in [-0.4, -0.2) is 28.5 Å². The molecule has 0 aliphatic carbocycles. The molecule has 0 amide bonds. The van der Waals surface area contributed by atoms with Gasteiger partial charge < -0.3 is 11.1 Å². The predicted octanol–water partition coefficient (Wildman–Crippen LogP) is 0.932. The number of rotatable bonds is 3. The van der Waals surface area contributed by atoms with E-state index < -0.39 is 0 Å². The van der Waals surface area contributed by atoms with Crippen molar-refractivity contribution in [1.82, 2.24) is 9.97 Å². The van der Waals surface area contributed by atoms with Gasteiger partial charge in [0.25, 0.3) is 0 Å². The molecule has 1 aliphatic rings. The van der Waals surface area contributed by atoms with E-state index in [0.717, 1.165) is 36.7 Å². The summed E-state index contributed by atoms with van der Waals surface area (Å²) in [6.07, 6.45) is 4.11. The molecule has 1 aromatic heterocycles. The van der Waals surface area contributed by atoms with Crippen LogP contribution in [0.25, 0.3) is 0 Å². The molecule has 0 saturated heterocycles. The average molecular weight is 210 g/mol. The number of aryl methyl sites for hydroxylation is 1. The van der Waals surface area contributed by atoms with Crippen molar-refractivity contribution in [1.29, 1.82) is 0 Å². The van der Waals surface area contributed by atoms with E-state index in [0.29, 0.717) is 5.95 Å². The van der Waals surface area contributed by atoms with E-state index in [-0.39, 0.29) is 0 Å². The summed E-state index contributed by atoms with van der Waals surface area (Å²) in [6.45, 7) is 0.958. The fraction of sp³-hybridized carbons (Fsp3) is 0.556. The Bertz CT molecular complexity index is 340. The first kappa shape index (κ1) is 9.58. The summed E-state index contributed by atoms with van der Waals surface area (Å²) in [4.78, 5) is 8.47. The van der Waals surface area contributed by atoms with Crippen LogP contribution in [-0.2, 0) is 12.8 Å². The van der Waals surface area contributed by atoms with Crippen LogP contribution in [0, 0.1) is 0 Å². The summed E-state index contributed by atoms with van der Waals surface area (Å²) < 4.78 is 0. The Balaban J connectivity index is 2.29.